The van der Waals surface area contributed by atoms with E-state index in [1.54, 1.807) is 0 Å². The number of aromatic nitrogens is 3. The van der Waals surface area contributed by atoms with Gasteiger partial charge in [-0.05, 0) is 139 Å². The lowest BCUT2D eigenvalue weighted by atomic mass is 9.93. The smallest absolute Gasteiger partial charge is 0.238 e. The largest absolute Gasteiger partial charge is 0.309 e. The molecule has 0 bridgehead atoms. The monoisotopic (exact) mass is 929 g/mol. The van der Waals surface area contributed by atoms with Crippen molar-refractivity contribution in [2.45, 2.75) is 41.5 Å². The second kappa shape index (κ2) is 19.5. The Bertz CT molecular complexity index is 3650. The molecule has 0 fully saturated rings. The lowest BCUT2D eigenvalue weighted by Gasteiger charge is -2.32. The number of rotatable bonds is 11. The molecule has 72 heavy (non-hydrogen) atoms. The van der Waals surface area contributed by atoms with Crippen LogP contribution in [0.1, 0.15) is 33.4 Å². The first kappa shape index (κ1) is 45.5. The van der Waals surface area contributed by atoms with E-state index in [-0.39, 0.29) is 0 Å². The zero-order chi connectivity index (χ0) is 49.3. The SMILES string of the molecule is Cc1cc(C)c(N(c2ccc(N(c3nc(-c4cccc(-c5ccccc5)c4)nc(-c4ccc5ccccc5c4-c4ccccc4)n3)c3ccccc3-c3ccccc3)cc2)c2c(C)cc(C)cc2C)c(C)c1. The van der Waals surface area contributed by atoms with Crippen LogP contribution in [0.3, 0.4) is 0 Å². The number of hydrogen-bond donors (Lipinski definition) is 0. The molecule has 0 saturated heterocycles. The molecule has 11 aromatic rings. The van der Waals surface area contributed by atoms with Crippen molar-refractivity contribution in [2.24, 2.45) is 0 Å². The number of fused-ring (bicyclic) bond motifs is 1. The summed E-state index contributed by atoms with van der Waals surface area (Å²) in [5, 5.41) is 2.27. The molecule has 0 aliphatic carbocycles. The molecule has 0 unspecified atom stereocenters. The first-order chi connectivity index (χ1) is 35.2. The van der Waals surface area contributed by atoms with Crippen molar-refractivity contribution >= 4 is 45.2 Å². The van der Waals surface area contributed by atoms with Crippen molar-refractivity contribution in [3.05, 3.63) is 258 Å². The molecule has 0 amide bonds. The van der Waals surface area contributed by atoms with Gasteiger partial charge in [-0.15, -0.1) is 0 Å². The minimum atomic E-state index is 0.496. The normalized spacial score (nSPS) is 11.2. The Morgan fingerprint density at radius 3 is 1.43 bits per heavy atom. The fourth-order valence-electron chi connectivity index (χ4n) is 10.6. The minimum absolute atomic E-state index is 0.496. The Morgan fingerprint density at radius 2 is 0.806 bits per heavy atom. The van der Waals surface area contributed by atoms with Gasteiger partial charge in [-0.3, -0.25) is 4.90 Å². The van der Waals surface area contributed by atoms with Gasteiger partial charge in [0, 0.05) is 33.6 Å². The highest BCUT2D eigenvalue weighted by atomic mass is 15.3. The van der Waals surface area contributed by atoms with E-state index in [4.69, 9.17) is 15.0 Å². The highest BCUT2D eigenvalue weighted by Crippen LogP contribution is 2.46. The summed E-state index contributed by atoms with van der Waals surface area (Å²) in [5.74, 6) is 1.64. The quantitative estimate of drug-likeness (QED) is 0.129. The maximum absolute atomic E-state index is 5.60. The van der Waals surface area contributed by atoms with Crippen molar-refractivity contribution < 1.29 is 0 Å². The maximum atomic E-state index is 5.60. The summed E-state index contributed by atoms with van der Waals surface area (Å²) in [5.41, 5.74) is 20.9. The van der Waals surface area contributed by atoms with Gasteiger partial charge in [0.1, 0.15) is 0 Å². The Balaban J connectivity index is 1.18. The lowest BCUT2D eigenvalue weighted by Crippen LogP contribution is -2.18. The summed E-state index contributed by atoms with van der Waals surface area (Å²) in [4.78, 5) is 21.2. The van der Waals surface area contributed by atoms with E-state index in [1.165, 1.54) is 44.8 Å². The van der Waals surface area contributed by atoms with Crippen LogP contribution in [-0.2, 0) is 0 Å². The van der Waals surface area contributed by atoms with E-state index >= 15 is 0 Å². The van der Waals surface area contributed by atoms with Crippen LogP contribution in [0, 0.1) is 41.5 Å². The van der Waals surface area contributed by atoms with Gasteiger partial charge in [-0.1, -0.05) is 193 Å². The summed E-state index contributed by atoms with van der Waals surface area (Å²) in [7, 11) is 0. The van der Waals surface area contributed by atoms with Gasteiger partial charge in [0.15, 0.2) is 11.6 Å². The molecule has 0 atom stereocenters. The Hall–Kier alpha value is -8.93. The van der Waals surface area contributed by atoms with Crippen molar-refractivity contribution in [3.63, 3.8) is 0 Å². The highest BCUT2D eigenvalue weighted by Gasteiger charge is 2.26. The third kappa shape index (κ3) is 8.82. The Kier molecular flexibility index (Phi) is 12.3. The molecule has 11 rings (SSSR count). The fourth-order valence-corrected chi connectivity index (χ4v) is 10.6. The van der Waals surface area contributed by atoms with Gasteiger partial charge in [-0.25, -0.2) is 4.98 Å². The molecular weight excluding hydrogens is 875 g/mol. The summed E-state index contributed by atoms with van der Waals surface area (Å²) in [6, 6.07) is 79.7. The molecule has 1 aromatic heterocycles. The maximum Gasteiger partial charge on any atom is 0.238 e. The topological polar surface area (TPSA) is 45.2 Å². The van der Waals surface area contributed by atoms with E-state index in [0.29, 0.717) is 17.6 Å². The third-order valence-corrected chi connectivity index (χ3v) is 13.6. The van der Waals surface area contributed by atoms with E-state index in [9.17, 15) is 0 Å². The highest BCUT2D eigenvalue weighted by molar-refractivity contribution is 6.03. The molecule has 0 N–H and O–H groups in total. The minimum Gasteiger partial charge on any atom is -0.309 e. The first-order valence-electron chi connectivity index (χ1n) is 24.7. The molecule has 0 spiro atoms. The van der Waals surface area contributed by atoms with Crippen LogP contribution >= 0.6 is 0 Å². The van der Waals surface area contributed by atoms with Crippen LogP contribution in [-0.4, -0.2) is 15.0 Å². The van der Waals surface area contributed by atoms with E-state index in [0.717, 1.165) is 72.3 Å². The number of nitrogens with zero attached hydrogens (tertiary/aromatic N) is 5. The second-order valence-corrected chi connectivity index (χ2v) is 18.9. The van der Waals surface area contributed by atoms with Crippen LogP contribution in [0.15, 0.2) is 224 Å². The predicted molar refractivity (Wildman–Crippen MR) is 302 cm³/mol. The average Bonchev–Trinajstić information content (AvgIpc) is 3.41. The number of para-hydroxylation sites is 1. The average molecular weight is 930 g/mol. The number of aryl methyl sites for hydroxylation is 6. The van der Waals surface area contributed by atoms with Crippen LogP contribution in [0.4, 0.5) is 34.4 Å². The summed E-state index contributed by atoms with van der Waals surface area (Å²) >= 11 is 0. The number of benzene rings is 10. The van der Waals surface area contributed by atoms with Crippen LogP contribution in [0.5, 0.6) is 0 Å². The zero-order valence-electron chi connectivity index (χ0n) is 41.6. The molecule has 348 valence electrons. The van der Waals surface area contributed by atoms with Crippen LogP contribution in [0.25, 0.3) is 66.9 Å². The summed E-state index contributed by atoms with van der Waals surface area (Å²) < 4.78 is 0. The Labute approximate surface area is 423 Å². The molecule has 0 aliphatic heterocycles. The van der Waals surface area contributed by atoms with E-state index < -0.39 is 0 Å². The van der Waals surface area contributed by atoms with Gasteiger partial charge in [0.2, 0.25) is 5.95 Å². The van der Waals surface area contributed by atoms with Gasteiger partial charge in [0.05, 0.1) is 17.1 Å². The molecule has 10 aromatic carbocycles. The first-order valence-corrected chi connectivity index (χ1v) is 24.7. The predicted octanol–water partition coefficient (Wildman–Crippen LogP) is 18.1. The van der Waals surface area contributed by atoms with E-state index in [1.807, 2.05) is 6.07 Å². The fraction of sp³-hybridized carbons (Fsp3) is 0.0896. The van der Waals surface area contributed by atoms with Crippen molar-refractivity contribution in [2.75, 3.05) is 9.80 Å². The van der Waals surface area contributed by atoms with Crippen molar-refractivity contribution in [3.8, 4) is 56.2 Å². The third-order valence-electron chi connectivity index (χ3n) is 13.6. The number of hydrogen-bond acceptors (Lipinski definition) is 5. The summed E-state index contributed by atoms with van der Waals surface area (Å²) in [6.07, 6.45) is 0. The molecule has 0 saturated carbocycles. The second-order valence-electron chi connectivity index (χ2n) is 18.9. The molecule has 0 radical (unpaired) electrons. The Morgan fingerprint density at radius 1 is 0.319 bits per heavy atom. The molecule has 5 nitrogen and oxygen atoms in total. The van der Waals surface area contributed by atoms with Crippen LogP contribution < -0.4 is 9.80 Å². The standard InChI is InChI=1S/C67H55N5/c1-44-39-46(3)63(47(4)40-44)72(64-48(5)41-45(2)42-49(64)6)57-36-34-56(35-37-57)71(61-32-19-18-30-58(61)51-23-12-8-13-24-51)67-69-65(55-29-20-28-54(43-55)50-21-10-7-11-22-50)68-66(70-67)60-38-33-52-25-16-17-31-59(52)62(60)53-26-14-9-15-27-53/h7-43H,1-6H3. The molecule has 0 aliphatic rings. The molecular formula is C67H55N5. The van der Waals surface area contributed by atoms with Crippen molar-refractivity contribution in [1.82, 2.24) is 15.0 Å². The van der Waals surface area contributed by atoms with Crippen LogP contribution in [0.2, 0.25) is 0 Å². The van der Waals surface area contributed by atoms with Gasteiger partial charge in [0.25, 0.3) is 0 Å². The van der Waals surface area contributed by atoms with E-state index in [2.05, 4.69) is 270 Å². The molecule has 5 heteroatoms. The van der Waals surface area contributed by atoms with Crippen molar-refractivity contribution in [1.29, 1.82) is 0 Å². The van der Waals surface area contributed by atoms with Gasteiger partial charge in [-0.2, -0.15) is 9.97 Å². The lowest BCUT2D eigenvalue weighted by molar-refractivity contribution is 1.02. The molecule has 1 heterocycles. The van der Waals surface area contributed by atoms with Gasteiger partial charge >= 0.3 is 0 Å². The number of anilines is 6. The zero-order valence-corrected chi connectivity index (χ0v) is 41.6. The van der Waals surface area contributed by atoms with Gasteiger partial charge < -0.3 is 4.90 Å². The summed E-state index contributed by atoms with van der Waals surface area (Å²) in [6.45, 7) is 13.2.